The largest absolute Gasteiger partial charge is 0.314 e. The highest BCUT2D eigenvalue weighted by atomic mass is 16.7. The van der Waals surface area contributed by atoms with Crippen molar-refractivity contribution in [3.8, 4) is 0 Å². The second-order valence-electron chi connectivity index (χ2n) is 10.8. The van der Waals surface area contributed by atoms with Crippen molar-refractivity contribution in [1.82, 2.24) is 10.9 Å². The van der Waals surface area contributed by atoms with E-state index in [1.54, 1.807) is 0 Å². The topological polar surface area (TPSA) is 62.7 Å². The Kier molecular flexibility index (Phi) is 4.82. The number of fused-ring (bicyclic) bond motifs is 5. The van der Waals surface area contributed by atoms with Crippen LogP contribution in [0.3, 0.4) is 0 Å². The van der Waals surface area contributed by atoms with Gasteiger partial charge in [-0.25, -0.2) is 0 Å². The van der Waals surface area contributed by atoms with Crippen molar-refractivity contribution in [3.05, 3.63) is 0 Å². The molecule has 0 aromatic carbocycles. The minimum absolute atomic E-state index is 0.00199. The molecule has 7 atom stereocenters. The number of nitrogens with one attached hydrogen (secondary N) is 2. The number of carbonyl (C=O) groups is 1. The molecule has 5 fully saturated rings. The molecule has 5 heteroatoms. The molecule has 1 aliphatic heterocycles. The van der Waals surface area contributed by atoms with Crippen LogP contribution in [-0.2, 0) is 9.63 Å². The van der Waals surface area contributed by atoms with Gasteiger partial charge >= 0.3 is 0 Å². The number of carbonyl (C=O) groups excluding carboxylic acids is 1. The van der Waals surface area contributed by atoms with E-state index in [-0.39, 0.29) is 11.5 Å². The average Bonchev–Trinajstić information content (AvgIpc) is 3.30. The van der Waals surface area contributed by atoms with E-state index in [0.29, 0.717) is 17.1 Å². The van der Waals surface area contributed by atoms with Crippen molar-refractivity contribution in [2.24, 2.45) is 39.6 Å². The predicted octanol–water partition coefficient (Wildman–Crippen LogP) is 3.84. The van der Waals surface area contributed by atoms with E-state index in [4.69, 9.17) is 4.84 Å². The summed E-state index contributed by atoms with van der Waals surface area (Å²) in [5, 5.41) is 7.94. The summed E-state index contributed by atoms with van der Waals surface area (Å²) in [4.78, 5) is 18.3. The fraction of sp³-hybridized carbons (Fsp3) is 0.913. The van der Waals surface area contributed by atoms with Crippen molar-refractivity contribution >= 4 is 11.5 Å². The Hall–Kier alpha value is -0.940. The molecular weight excluding hydrogens is 350 g/mol. The number of hydrogen-bond acceptors (Lipinski definition) is 5. The van der Waals surface area contributed by atoms with Crippen LogP contribution in [0.1, 0.15) is 78.1 Å². The molecule has 0 amide bonds. The lowest BCUT2D eigenvalue weighted by Crippen LogP contribution is -2.53. The van der Waals surface area contributed by atoms with Crippen LogP contribution in [-0.4, -0.2) is 30.7 Å². The molecule has 4 aliphatic carbocycles. The van der Waals surface area contributed by atoms with Gasteiger partial charge in [-0.1, -0.05) is 13.8 Å². The van der Waals surface area contributed by atoms with Gasteiger partial charge in [-0.15, -0.1) is 0 Å². The van der Waals surface area contributed by atoms with E-state index in [9.17, 15) is 4.79 Å². The van der Waals surface area contributed by atoms with Gasteiger partial charge in [0.1, 0.15) is 11.9 Å². The molecular formula is C23H37N3O2. The van der Waals surface area contributed by atoms with Gasteiger partial charge in [0.15, 0.2) is 0 Å². The monoisotopic (exact) mass is 387 g/mol. The highest BCUT2D eigenvalue weighted by Gasteiger charge is 2.59. The molecule has 5 nitrogen and oxygen atoms in total. The number of Topliss-reactive ketones (excluding diaryl/α,β-unsaturated/α-hetero) is 1. The van der Waals surface area contributed by atoms with E-state index in [1.165, 1.54) is 31.4 Å². The molecule has 0 aromatic rings. The van der Waals surface area contributed by atoms with Crippen molar-refractivity contribution in [2.45, 2.75) is 84.2 Å². The fourth-order valence-corrected chi connectivity index (χ4v) is 7.83. The van der Waals surface area contributed by atoms with Crippen molar-refractivity contribution in [2.75, 3.05) is 13.1 Å². The lowest BCUT2D eigenvalue weighted by molar-refractivity contribution is -0.136. The smallest absolute Gasteiger partial charge is 0.139 e. The second kappa shape index (κ2) is 7.09. The average molecular weight is 388 g/mol. The normalized spacial score (nSPS) is 49.6. The molecule has 0 bridgehead atoms. The lowest BCUT2D eigenvalue weighted by Gasteiger charge is -2.59. The number of ketones is 1. The summed E-state index contributed by atoms with van der Waals surface area (Å²) in [6.07, 6.45) is 11.8. The quantitative estimate of drug-likeness (QED) is 0.722. The standard InChI is InChI=1S/C23H37N3O2/c1-22-10-7-16(25-26-28-17-9-12-24-14-17)13-15(22)3-4-18-19-5-6-21(27)23(19,2)11-8-20(18)22/h15,17-20,24,26H,3-14H2,1-2H3. The summed E-state index contributed by atoms with van der Waals surface area (Å²) in [7, 11) is 0. The minimum Gasteiger partial charge on any atom is -0.314 e. The van der Waals surface area contributed by atoms with E-state index in [2.05, 4.69) is 29.9 Å². The van der Waals surface area contributed by atoms with Crippen LogP contribution >= 0.6 is 0 Å². The minimum atomic E-state index is 0.00199. The zero-order chi connectivity index (χ0) is 19.4. The third-order valence-electron chi connectivity index (χ3n) is 9.65. The third kappa shape index (κ3) is 2.96. The van der Waals surface area contributed by atoms with E-state index >= 15 is 0 Å². The zero-order valence-electron chi connectivity index (χ0n) is 17.6. The molecule has 7 unspecified atom stereocenters. The Balaban J connectivity index is 1.25. The Bertz CT molecular complexity index is 658. The fourth-order valence-electron chi connectivity index (χ4n) is 7.83. The van der Waals surface area contributed by atoms with Crippen molar-refractivity contribution in [3.63, 3.8) is 0 Å². The summed E-state index contributed by atoms with van der Waals surface area (Å²) < 4.78 is 0. The van der Waals surface area contributed by atoms with Gasteiger partial charge in [-0.3, -0.25) is 9.63 Å². The summed E-state index contributed by atoms with van der Waals surface area (Å²) in [5.74, 6) is 3.55. The Labute approximate surface area is 169 Å². The Morgan fingerprint density at radius 3 is 2.79 bits per heavy atom. The third-order valence-corrected chi connectivity index (χ3v) is 9.65. The van der Waals surface area contributed by atoms with Crippen LogP contribution in [0.4, 0.5) is 0 Å². The van der Waals surface area contributed by atoms with Gasteiger partial charge in [-0.05, 0) is 93.4 Å². The van der Waals surface area contributed by atoms with Crippen LogP contribution in [0.2, 0.25) is 0 Å². The predicted molar refractivity (Wildman–Crippen MR) is 110 cm³/mol. The highest BCUT2D eigenvalue weighted by molar-refractivity contribution is 5.87. The van der Waals surface area contributed by atoms with Gasteiger partial charge in [0.2, 0.25) is 0 Å². The number of hydrazone groups is 1. The van der Waals surface area contributed by atoms with Gasteiger partial charge in [0.05, 0.1) is 0 Å². The van der Waals surface area contributed by atoms with Gasteiger partial charge in [0, 0.05) is 24.1 Å². The molecule has 0 aromatic heterocycles. The number of hydrogen-bond donors (Lipinski definition) is 2. The molecule has 0 spiro atoms. The maximum absolute atomic E-state index is 12.6. The maximum atomic E-state index is 12.6. The number of rotatable bonds is 3. The second-order valence-corrected chi connectivity index (χ2v) is 10.8. The van der Waals surface area contributed by atoms with Crippen LogP contribution < -0.4 is 10.9 Å². The summed E-state index contributed by atoms with van der Waals surface area (Å²) >= 11 is 0. The number of nitrogens with zero attached hydrogens (tertiary/aromatic N) is 1. The molecule has 28 heavy (non-hydrogen) atoms. The highest BCUT2D eigenvalue weighted by Crippen LogP contribution is 2.65. The maximum Gasteiger partial charge on any atom is 0.139 e. The van der Waals surface area contributed by atoms with Crippen LogP contribution in [0.15, 0.2) is 5.10 Å². The first-order chi connectivity index (χ1) is 13.5. The molecule has 156 valence electrons. The van der Waals surface area contributed by atoms with E-state index in [0.717, 1.165) is 69.4 Å². The lowest BCUT2D eigenvalue weighted by atomic mass is 9.45. The van der Waals surface area contributed by atoms with E-state index < -0.39 is 0 Å². The molecule has 4 saturated carbocycles. The van der Waals surface area contributed by atoms with Crippen LogP contribution in [0, 0.1) is 34.5 Å². The zero-order valence-corrected chi connectivity index (χ0v) is 17.6. The first kappa shape index (κ1) is 19.0. The molecule has 1 saturated heterocycles. The molecule has 2 N–H and O–H groups in total. The molecule has 5 rings (SSSR count). The summed E-state index contributed by atoms with van der Waals surface area (Å²) in [5.41, 5.74) is 4.64. The Morgan fingerprint density at radius 2 is 1.96 bits per heavy atom. The molecule has 1 heterocycles. The van der Waals surface area contributed by atoms with Gasteiger partial charge in [0.25, 0.3) is 0 Å². The Morgan fingerprint density at radius 1 is 1.07 bits per heavy atom. The van der Waals surface area contributed by atoms with Crippen molar-refractivity contribution < 1.29 is 9.63 Å². The summed E-state index contributed by atoms with van der Waals surface area (Å²) in [6.45, 7) is 6.81. The van der Waals surface area contributed by atoms with Crippen molar-refractivity contribution in [1.29, 1.82) is 0 Å². The van der Waals surface area contributed by atoms with Gasteiger partial charge < -0.3 is 5.32 Å². The summed E-state index contributed by atoms with van der Waals surface area (Å²) in [6, 6.07) is 0. The SMILES string of the molecule is CC12CCC3C(CCC4CC(=NNOC5CCNC5)CCC43C)C1CCC2=O. The van der Waals surface area contributed by atoms with Crippen LogP contribution in [0.25, 0.3) is 0 Å². The molecule has 0 radical (unpaired) electrons. The first-order valence-corrected chi connectivity index (χ1v) is 11.7. The van der Waals surface area contributed by atoms with Crippen LogP contribution in [0.5, 0.6) is 0 Å². The molecule has 5 aliphatic rings. The van der Waals surface area contributed by atoms with Gasteiger partial charge in [-0.2, -0.15) is 10.7 Å². The van der Waals surface area contributed by atoms with E-state index in [1.807, 2.05) is 0 Å². The first-order valence-electron chi connectivity index (χ1n) is 11.7.